The maximum absolute atomic E-state index is 13.1. The Labute approximate surface area is 185 Å². The SMILES string of the molecule is Cc1ccc(OC(=O)c2ccc3cc(C(=O)c4ccc5ccccc5c4)ccc3c2)nc1. The van der Waals surface area contributed by atoms with Crippen LogP contribution in [0.3, 0.4) is 0 Å². The molecule has 5 aromatic rings. The lowest BCUT2D eigenvalue weighted by Gasteiger charge is -2.07. The standard InChI is InChI=1S/C28H19NO3/c1-18-6-13-26(29-17-18)32-28(31)25-12-9-21-15-24(11-8-22(21)16-25)27(30)23-10-7-19-4-2-3-5-20(19)14-23/h2-17H,1H3. The molecule has 0 saturated carbocycles. The van der Waals surface area contributed by atoms with Gasteiger partial charge in [0.15, 0.2) is 5.78 Å². The maximum Gasteiger partial charge on any atom is 0.344 e. The van der Waals surface area contributed by atoms with Crippen LogP contribution in [0.4, 0.5) is 0 Å². The van der Waals surface area contributed by atoms with Gasteiger partial charge in [-0.05, 0) is 58.3 Å². The molecule has 0 spiro atoms. The third-order valence-electron chi connectivity index (χ3n) is 5.43. The first kappa shape index (κ1) is 19.6. The van der Waals surface area contributed by atoms with Gasteiger partial charge in [-0.15, -0.1) is 0 Å². The molecule has 5 rings (SSSR count). The molecule has 0 saturated heterocycles. The van der Waals surface area contributed by atoms with Crippen LogP contribution in [-0.4, -0.2) is 16.7 Å². The largest absolute Gasteiger partial charge is 0.404 e. The van der Waals surface area contributed by atoms with E-state index in [2.05, 4.69) is 4.98 Å². The molecule has 0 aliphatic heterocycles. The molecule has 1 aromatic heterocycles. The van der Waals surface area contributed by atoms with Crippen molar-refractivity contribution < 1.29 is 14.3 Å². The first-order valence-electron chi connectivity index (χ1n) is 10.3. The minimum Gasteiger partial charge on any atom is -0.404 e. The highest BCUT2D eigenvalue weighted by atomic mass is 16.5. The Morgan fingerprint density at radius 3 is 1.88 bits per heavy atom. The summed E-state index contributed by atoms with van der Waals surface area (Å²) in [7, 11) is 0. The van der Waals surface area contributed by atoms with Crippen molar-refractivity contribution in [1.82, 2.24) is 4.98 Å². The molecular formula is C28H19NO3. The summed E-state index contributed by atoms with van der Waals surface area (Å²) in [6, 6.07) is 28.0. The van der Waals surface area contributed by atoms with Gasteiger partial charge in [-0.2, -0.15) is 0 Å². The van der Waals surface area contributed by atoms with Crippen LogP contribution in [0.2, 0.25) is 0 Å². The molecule has 0 aliphatic rings. The number of aromatic nitrogens is 1. The maximum atomic E-state index is 13.1. The summed E-state index contributed by atoms with van der Waals surface area (Å²) in [4.78, 5) is 29.7. The summed E-state index contributed by atoms with van der Waals surface area (Å²) in [5.74, 6) is -0.247. The molecule has 154 valence electrons. The van der Waals surface area contributed by atoms with Gasteiger partial charge in [-0.3, -0.25) is 4.79 Å². The highest BCUT2D eigenvalue weighted by Gasteiger charge is 2.13. The fraction of sp³-hybridized carbons (Fsp3) is 0.0357. The number of fused-ring (bicyclic) bond motifs is 2. The van der Waals surface area contributed by atoms with E-state index in [1.54, 1.807) is 30.5 Å². The van der Waals surface area contributed by atoms with E-state index in [1.807, 2.05) is 73.7 Å². The van der Waals surface area contributed by atoms with Crippen LogP contribution in [0.25, 0.3) is 21.5 Å². The lowest BCUT2D eigenvalue weighted by Crippen LogP contribution is -2.09. The van der Waals surface area contributed by atoms with Crippen LogP contribution in [0.5, 0.6) is 5.88 Å². The number of pyridine rings is 1. The lowest BCUT2D eigenvalue weighted by atomic mass is 9.97. The number of carbonyl (C=O) groups is 2. The zero-order valence-electron chi connectivity index (χ0n) is 17.4. The van der Waals surface area contributed by atoms with Crippen molar-refractivity contribution in [3.63, 3.8) is 0 Å². The molecule has 32 heavy (non-hydrogen) atoms. The van der Waals surface area contributed by atoms with Gasteiger partial charge in [0.2, 0.25) is 5.88 Å². The average molecular weight is 417 g/mol. The zero-order valence-corrected chi connectivity index (χ0v) is 17.4. The predicted molar refractivity (Wildman–Crippen MR) is 125 cm³/mol. The predicted octanol–water partition coefficient (Wildman–Crippen LogP) is 6.15. The number of hydrogen-bond donors (Lipinski definition) is 0. The fourth-order valence-corrected chi connectivity index (χ4v) is 3.68. The molecule has 0 bridgehead atoms. The summed E-state index contributed by atoms with van der Waals surface area (Å²) in [5, 5.41) is 3.86. The number of ketones is 1. The lowest BCUT2D eigenvalue weighted by molar-refractivity contribution is 0.0727. The Kier molecular flexibility index (Phi) is 4.96. The van der Waals surface area contributed by atoms with E-state index in [4.69, 9.17) is 4.74 Å². The van der Waals surface area contributed by atoms with Crippen molar-refractivity contribution in [1.29, 1.82) is 0 Å². The highest BCUT2D eigenvalue weighted by molar-refractivity contribution is 6.12. The number of aryl methyl sites for hydroxylation is 1. The first-order chi connectivity index (χ1) is 15.6. The van der Waals surface area contributed by atoms with E-state index >= 15 is 0 Å². The summed E-state index contributed by atoms with van der Waals surface area (Å²) in [5.41, 5.74) is 2.67. The first-order valence-corrected chi connectivity index (χ1v) is 10.3. The number of nitrogens with zero attached hydrogens (tertiary/aromatic N) is 1. The smallest absolute Gasteiger partial charge is 0.344 e. The molecule has 4 nitrogen and oxygen atoms in total. The number of ether oxygens (including phenoxy) is 1. The Hall–Kier alpha value is -4.31. The van der Waals surface area contributed by atoms with E-state index in [0.29, 0.717) is 16.7 Å². The van der Waals surface area contributed by atoms with Crippen molar-refractivity contribution in [2.45, 2.75) is 6.92 Å². The van der Waals surface area contributed by atoms with Gasteiger partial charge in [0.25, 0.3) is 0 Å². The molecule has 0 aliphatic carbocycles. The third-order valence-corrected chi connectivity index (χ3v) is 5.43. The number of rotatable bonds is 4. The highest BCUT2D eigenvalue weighted by Crippen LogP contribution is 2.23. The molecule has 0 atom stereocenters. The normalized spacial score (nSPS) is 10.9. The monoisotopic (exact) mass is 417 g/mol. The summed E-state index contributed by atoms with van der Waals surface area (Å²) < 4.78 is 5.36. The van der Waals surface area contributed by atoms with E-state index in [9.17, 15) is 9.59 Å². The Morgan fingerprint density at radius 1 is 0.656 bits per heavy atom. The quantitative estimate of drug-likeness (QED) is 0.260. The minimum atomic E-state index is -0.473. The van der Waals surface area contributed by atoms with Gasteiger partial charge in [-0.1, -0.05) is 60.7 Å². The second-order valence-corrected chi connectivity index (χ2v) is 7.73. The molecule has 0 unspecified atom stereocenters. The second-order valence-electron chi connectivity index (χ2n) is 7.73. The van der Waals surface area contributed by atoms with E-state index in [1.165, 1.54) is 0 Å². The van der Waals surface area contributed by atoms with Gasteiger partial charge < -0.3 is 4.74 Å². The topological polar surface area (TPSA) is 56.3 Å². The van der Waals surface area contributed by atoms with Crippen molar-refractivity contribution in [3.05, 3.63) is 119 Å². The van der Waals surface area contributed by atoms with Gasteiger partial charge in [-0.25, -0.2) is 9.78 Å². The van der Waals surface area contributed by atoms with Crippen molar-refractivity contribution in [2.24, 2.45) is 0 Å². The summed E-state index contributed by atoms with van der Waals surface area (Å²) in [6.07, 6.45) is 1.65. The molecular weight excluding hydrogens is 398 g/mol. The number of esters is 1. The van der Waals surface area contributed by atoms with E-state index in [-0.39, 0.29) is 11.7 Å². The van der Waals surface area contributed by atoms with Gasteiger partial charge in [0.1, 0.15) is 0 Å². The average Bonchev–Trinajstić information content (AvgIpc) is 2.84. The minimum absolute atomic E-state index is 0.0356. The fourth-order valence-electron chi connectivity index (χ4n) is 3.68. The third kappa shape index (κ3) is 3.86. The summed E-state index contributed by atoms with van der Waals surface area (Å²) in [6.45, 7) is 1.92. The van der Waals surface area contributed by atoms with E-state index in [0.717, 1.165) is 27.1 Å². The molecule has 4 aromatic carbocycles. The number of hydrogen-bond acceptors (Lipinski definition) is 4. The van der Waals surface area contributed by atoms with Gasteiger partial charge >= 0.3 is 5.97 Å². The Bertz CT molecular complexity index is 1490. The molecule has 0 N–H and O–H groups in total. The molecule has 0 fully saturated rings. The van der Waals surface area contributed by atoms with E-state index < -0.39 is 5.97 Å². The Morgan fingerprint density at radius 2 is 1.22 bits per heavy atom. The molecule has 0 amide bonds. The molecule has 1 heterocycles. The second kappa shape index (κ2) is 8.08. The van der Waals surface area contributed by atoms with Crippen molar-refractivity contribution >= 4 is 33.3 Å². The van der Waals surface area contributed by atoms with Gasteiger partial charge in [0.05, 0.1) is 5.56 Å². The number of carbonyl (C=O) groups excluding carboxylic acids is 2. The van der Waals surface area contributed by atoms with Crippen LogP contribution >= 0.6 is 0 Å². The zero-order chi connectivity index (χ0) is 22.1. The Balaban J connectivity index is 1.41. The summed E-state index contributed by atoms with van der Waals surface area (Å²) >= 11 is 0. The van der Waals surface area contributed by atoms with Crippen LogP contribution in [0, 0.1) is 6.92 Å². The number of benzene rings is 4. The van der Waals surface area contributed by atoms with Crippen molar-refractivity contribution in [3.8, 4) is 5.88 Å². The van der Waals surface area contributed by atoms with Crippen molar-refractivity contribution in [2.75, 3.05) is 0 Å². The van der Waals surface area contributed by atoms with Crippen LogP contribution < -0.4 is 4.74 Å². The molecule has 4 heteroatoms. The van der Waals surface area contributed by atoms with Crippen LogP contribution in [0.15, 0.2) is 97.2 Å². The van der Waals surface area contributed by atoms with Crippen LogP contribution in [0.1, 0.15) is 31.8 Å². The van der Waals surface area contributed by atoms with Gasteiger partial charge in [0, 0.05) is 23.4 Å². The van der Waals surface area contributed by atoms with Crippen LogP contribution in [-0.2, 0) is 0 Å². The molecule has 0 radical (unpaired) electrons.